The Bertz CT molecular complexity index is 656. The number of aryl methyl sites for hydroxylation is 2. The number of fused-ring (bicyclic) bond motifs is 1. The topological polar surface area (TPSA) is 45.6 Å². The zero-order valence-corrected chi connectivity index (χ0v) is 12.0. The van der Waals surface area contributed by atoms with Crippen LogP contribution >= 0.6 is 0 Å². The van der Waals surface area contributed by atoms with Crippen molar-refractivity contribution in [1.82, 2.24) is 19.9 Å². The van der Waals surface area contributed by atoms with Gasteiger partial charge in [0.25, 0.3) is 0 Å². The molecule has 0 radical (unpaired) electrons. The Morgan fingerprint density at radius 2 is 2.15 bits per heavy atom. The molecule has 0 aliphatic heterocycles. The second-order valence-electron chi connectivity index (χ2n) is 5.15. The first-order valence-electron chi connectivity index (χ1n) is 6.98. The minimum absolute atomic E-state index is 0.894. The maximum Gasteiger partial charge on any atom is 0.0921 e. The Kier molecular flexibility index (Phi) is 3.56. The summed E-state index contributed by atoms with van der Waals surface area (Å²) in [5, 5.41) is 4.86. The van der Waals surface area contributed by atoms with E-state index in [4.69, 9.17) is 0 Å². The van der Waals surface area contributed by atoms with Crippen molar-refractivity contribution in [3.05, 3.63) is 53.7 Å². The molecule has 20 heavy (non-hydrogen) atoms. The van der Waals surface area contributed by atoms with Gasteiger partial charge in [0, 0.05) is 55.0 Å². The summed E-state index contributed by atoms with van der Waals surface area (Å²) in [6.07, 6.45) is 4.58. The third-order valence-electron chi connectivity index (χ3n) is 3.93. The zero-order valence-electron chi connectivity index (χ0n) is 12.0. The Hall–Kier alpha value is -2.07. The van der Waals surface area contributed by atoms with Crippen molar-refractivity contribution in [3.63, 3.8) is 0 Å². The third kappa shape index (κ3) is 2.34. The lowest BCUT2D eigenvalue weighted by Gasteiger charge is -2.07. The number of imidazole rings is 1. The number of hydrogen-bond acceptors (Lipinski definition) is 2. The highest BCUT2D eigenvalue weighted by Crippen LogP contribution is 2.24. The standard InChI is InChI=1S/C16H20N4/c1-12-14-5-3-4-6-15(14)20(2)16(12)10-17-8-7-13-9-18-11-19-13/h3-6,9,11,17H,7-8,10H2,1-2H3,(H,18,19). The first-order valence-corrected chi connectivity index (χ1v) is 6.98. The molecule has 0 spiro atoms. The molecule has 104 valence electrons. The minimum Gasteiger partial charge on any atom is -0.348 e. The van der Waals surface area contributed by atoms with Gasteiger partial charge in [-0.3, -0.25) is 0 Å². The molecule has 3 aromatic rings. The number of rotatable bonds is 5. The van der Waals surface area contributed by atoms with E-state index in [-0.39, 0.29) is 0 Å². The molecule has 3 rings (SSSR count). The number of benzene rings is 1. The van der Waals surface area contributed by atoms with E-state index < -0.39 is 0 Å². The molecule has 2 aromatic heterocycles. The summed E-state index contributed by atoms with van der Waals surface area (Å²) in [6.45, 7) is 4.04. The van der Waals surface area contributed by atoms with Crippen molar-refractivity contribution in [2.24, 2.45) is 7.05 Å². The molecular formula is C16H20N4. The number of nitrogens with zero attached hydrogens (tertiary/aromatic N) is 2. The maximum atomic E-state index is 4.03. The van der Waals surface area contributed by atoms with E-state index in [9.17, 15) is 0 Å². The first-order chi connectivity index (χ1) is 9.77. The predicted octanol–water partition coefficient (Wildman–Crippen LogP) is 2.54. The van der Waals surface area contributed by atoms with Crippen molar-refractivity contribution in [2.45, 2.75) is 19.9 Å². The van der Waals surface area contributed by atoms with Crippen LogP contribution in [0.1, 0.15) is 17.0 Å². The fraction of sp³-hybridized carbons (Fsp3) is 0.312. The number of H-pyrrole nitrogens is 1. The van der Waals surface area contributed by atoms with Gasteiger partial charge >= 0.3 is 0 Å². The third-order valence-corrected chi connectivity index (χ3v) is 3.93. The summed E-state index contributed by atoms with van der Waals surface area (Å²) in [7, 11) is 2.14. The van der Waals surface area contributed by atoms with Crippen LogP contribution in [-0.2, 0) is 20.0 Å². The first kappa shape index (κ1) is 12.9. The molecular weight excluding hydrogens is 248 g/mol. The second-order valence-corrected chi connectivity index (χ2v) is 5.15. The van der Waals surface area contributed by atoms with Gasteiger partial charge in [0.1, 0.15) is 0 Å². The highest BCUT2D eigenvalue weighted by Gasteiger charge is 2.10. The highest BCUT2D eigenvalue weighted by molar-refractivity contribution is 5.85. The normalized spacial score (nSPS) is 11.3. The van der Waals surface area contributed by atoms with E-state index in [1.807, 2.05) is 6.20 Å². The van der Waals surface area contributed by atoms with Crippen molar-refractivity contribution in [1.29, 1.82) is 0 Å². The smallest absolute Gasteiger partial charge is 0.0921 e. The van der Waals surface area contributed by atoms with Gasteiger partial charge in [0.15, 0.2) is 0 Å². The van der Waals surface area contributed by atoms with Crippen molar-refractivity contribution in [2.75, 3.05) is 6.54 Å². The predicted molar refractivity (Wildman–Crippen MR) is 81.7 cm³/mol. The van der Waals surface area contributed by atoms with Crippen LogP contribution in [-0.4, -0.2) is 21.1 Å². The van der Waals surface area contributed by atoms with Crippen LogP contribution in [0.3, 0.4) is 0 Å². The SMILES string of the molecule is Cc1c(CNCCc2cnc[nH]2)n(C)c2ccccc12. The average Bonchev–Trinajstić information content (AvgIpc) is 3.06. The average molecular weight is 268 g/mol. The summed E-state index contributed by atoms with van der Waals surface area (Å²) in [5.74, 6) is 0. The summed E-state index contributed by atoms with van der Waals surface area (Å²) in [5.41, 5.74) is 5.20. The maximum absolute atomic E-state index is 4.03. The molecule has 0 aliphatic carbocycles. The zero-order chi connectivity index (χ0) is 13.9. The number of aromatic nitrogens is 3. The van der Waals surface area contributed by atoms with Crippen LogP contribution in [0.2, 0.25) is 0 Å². The summed E-state index contributed by atoms with van der Waals surface area (Å²) in [6, 6.07) is 8.57. The molecule has 0 atom stereocenters. The fourth-order valence-electron chi connectivity index (χ4n) is 2.74. The number of para-hydroxylation sites is 1. The number of nitrogens with one attached hydrogen (secondary N) is 2. The van der Waals surface area contributed by atoms with E-state index in [1.54, 1.807) is 6.33 Å². The molecule has 2 heterocycles. The van der Waals surface area contributed by atoms with Crippen LogP contribution in [0.4, 0.5) is 0 Å². The van der Waals surface area contributed by atoms with Gasteiger partial charge in [-0.25, -0.2) is 4.98 Å². The van der Waals surface area contributed by atoms with Gasteiger partial charge < -0.3 is 14.9 Å². The largest absolute Gasteiger partial charge is 0.348 e. The van der Waals surface area contributed by atoms with E-state index in [2.05, 4.69) is 58.1 Å². The van der Waals surface area contributed by atoms with E-state index >= 15 is 0 Å². The Morgan fingerprint density at radius 1 is 1.30 bits per heavy atom. The molecule has 4 heteroatoms. The lowest BCUT2D eigenvalue weighted by atomic mass is 10.1. The van der Waals surface area contributed by atoms with E-state index in [1.165, 1.54) is 27.9 Å². The lowest BCUT2D eigenvalue weighted by molar-refractivity contribution is 0.650. The van der Waals surface area contributed by atoms with Gasteiger partial charge in [-0.1, -0.05) is 18.2 Å². The van der Waals surface area contributed by atoms with E-state index in [0.29, 0.717) is 0 Å². The summed E-state index contributed by atoms with van der Waals surface area (Å²) >= 11 is 0. The molecule has 0 aliphatic rings. The molecule has 0 bridgehead atoms. The molecule has 0 saturated heterocycles. The molecule has 1 aromatic carbocycles. The number of hydrogen-bond donors (Lipinski definition) is 2. The van der Waals surface area contributed by atoms with Crippen LogP contribution in [0.15, 0.2) is 36.8 Å². The fourth-order valence-corrected chi connectivity index (χ4v) is 2.74. The van der Waals surface area contributed by atoms with Gasteiger partial charge in [-0.2, -0.15) is 0 Å². The molecule has 0 unspecified atom stereocenters. The number of aromatic amines is 1. The summed E-state index contributed by atoms with van der Waals surface area (Å²) < 4.78 is 2.29. The van der Waals surface area contributed by atoms with Gasteiger partial charge in [-0.15, -0.1) is 0 Å². The van der Waals surface area contributed by atoms with Crippen LogP contribution in [0.5, 0.6) is 0 Å². The quantitative estimate of drug-likeness (QED) is 0.699. The molecule has 4 nitrogen and oxygen atoms in total. The second kappa shape index (κ2) is 5.51. The van der Waals surface area contributed by atoms with Gasteiger partial charge in [0.2, 0.25) is 0 Å². The molecule has 2 N–H and O–H groups in total. The van der Waals surface area contributed by atoms with Crippen molar-refractivity contribution >= 4 is 10.9 Å². The van der Waals surface area contributed by atoms with Gasteiger partial charge in [-0.05, 0) is 18.6 Å². The van der Waals surface area contributed by atoms with Gasteiger partial charge in [0.05, 0.1) is 6.33 Å². The van der Waals surface area contributed by atoms with E-state index in [0.717, 1.165) is 19.5 Å². The molecule has 0 fully saturated rings. The lowest BCUT2D eigenvalue weighted by Crippen LogP contribution is -2.19. The minimum atomic E-state index is 0.894. The van der Waals surface area contributed by atoms with Crippen molar-refractivity contribution in [3.8, 4) is 0 Å². The monoisotopic (exact) mass is 268 g/mol. The van der Waals surface area contributed by atoms with Crippen LogP contribution < -0.4 is 5.32 Å². The van der Waals surface area contributed by atoms with Crippen LogP contribution in [0.25, 0.3) is 10.9 Å². The highest BCUT2D eigenvalue weighted by atomic mass is 15.0. The Labute approximate surface area is 118 Å². The molecule has 0 amide bonds. The van der Waals surface area contributed by atoms with Crippen LogP contribution in [0, 0.1) is 6.92 Å². The molecule has 0 saturated carbocycles. The Morgan fingerprint density at radius 3 is 2.90 bits per heavy atom. The summed E-state index contributed by atoms with van der Waals surface area (Å²) in [4.78, 5) is 7.15. The van der Waals surface area contributed by atoms with Crippen molar-refractivity contribution < 1.29 is 0 Å². The Balaban J connectivity index is 1.68.